The molecule has 2 heterocycles. The van der Waals surface area contributed by atoms with Crippen molar-refractivity contribution in [1.82, 2.24) is 14.9 Å². The van der Waals surface area contributed by atoms with Gasteiger partial charge in [-0.15, -0.1) is 10.2 Å². The maximum absolute atomic E-state index is 6.16. The van der Waals surface area contributed by atoms with Crippen LogP contribution in [0, 0.1) is 0 Å². The molecule has 0 spiro atoms. The van der Waals surface area contributed by atoms with E-state index in [4.69, 9.17) is 26.2 Å². The normalized spacial score (nSPS) is 15.9. The molecule has 138 valence electrons. The van der Waals surface area contributed by atoms with Crippen LogP contribution in [0.4, 0.5) is 0 Å². The number of hydrogen-bond donors (Lipinski definition) is 0. The van der Waals surface area contributed by atoms with Crippen LogP contribution in [0.5, 0.6) is 11.5 Å². The van der Waals surface area contributed by atoms with Gasteiger partial charge >= 0.3 is 0 Å². The smallest absolute Gasteiger partial charge is 0.213 e. The summed E-state index contributed by atoms with van der Waals surface area (Å²) in [5.41, 5.74) is 2.76. The largest absolute Gasteiger partial charge is 0.493 e. The Kier molecular flexibility index (Phi) is 4.80. The number of methoxy groups -OCH3 is 2. The van der Waals surface area contributed by atoms with Crippen LogP contribution in [0.3, 0.4) is 0 Å². The van der Waals surface area contributed by atoms with Gasteiger partial charge in [0.1, 0.15) is 0 Å². The molecule has 0 radical (unpaired) electrons. The number of ether oxygens (including phenoxy) is 2. The van der Waals surface area contributed by atoms with Crippen molar-refractivity contribution in [3.05, 3.63) is 53.1 Å². The molecule has 1 aromatic heterocycles. The summed E-state index contributed by atoms with van der Waals surface area (Å²) in [4.78, 5) is 0. The summed E-state index contributed by atoms with van der Waals surface area (Å²) in [7, 11) is 3.21. The number of nitrogens with zero attached hydrogens (tertiary/aromatic N) is 4. The molecular formula is C19H17ClN4O2S. The van der Waals surface area contributed by atoms with E-state index in [1.165, 1.54) is 0 Å². The van der Waals surface area contributed by atoms with E-state index in [1.54, 1.807) is 30.7 Å². The molecule has 6 nitrogen and oxygen atoms in total. The topological polar surface area (TPSA) is 61.5 Å². The molecule has 27 heavy (non-hydrogen) atoms. The van der Waals surface area contributed by atoms with Gasteiger partial charge in [0, 0.05) is 16.1 Å². The molecule has 3 aromatic rings. The highest BCUT2D eigenvalue weighted by Gasteiger charge is 2.26. The standard InChI is InChI=1S/C19H17ClN4O2S/c1-11-17(12-5-4-6-14(20)9-12)23-24-18(21-22-19(24)27-11)13-7-8-15(25-2)16(10-13)26-3/h4-11H,1-3H3/t11-/m0/s1. The summed E-state index contributed by atoms with van der Waals surface area (Å²) in [6.07, 6.45) is 0. The number of aromatic nitrogens is 3. The highest BCUT2D eigenvalue weighted by atomic mass is 35.5. The molecule has 0 saturated carbocycles. The summed E-state index contributed by atoms with van der Waals surface area (Å²) < 4.78 is 12.5. The van der Waals surface area contributed by atoms with Crippen LogP contribution < -0.4 is 9.47 Å². The first-order chi connectivity index (χ1) is 13.1. The number of fused-ring (bicyclic) bond motifs is 1. The molecule has 0 aliphatic carbocycles. The van der Waals surface area contributed by atoms with Crippen molar-refractivity contribution in [2.24, 2.45) is 5.10 Å². The van der Waals surface area contributed by atoms with Gasteiger partial charge in [0.25, 0.3) is 0 Å². The van der Waals surface area contributed by atoms with Crippen molar-refractivity contribution in [2.75, 3.05) is 14.2 Å². The average molecular weight is 401 g/mol. The van der Waals surface area contributed by atoms with Crippen LogP contribution in [0.15, 0.2) is 52.7 Å². The summed E-state index contributed by atoms with van der Waals surface area (Å²) >= 11 is 7.77. The van der Waals surface area contributed by atoms with E-state index in [0.29, 0.717) is 22.3 Å². The first-order valence-electron chi connectivity index (χ1n) is 8.30. The summed E-state index contributed by atoms with van der Waals surface area (Å²) in [5.74, 6) is 1.93. The Morgan fingerprint density at radius 3 is 2.56 bits per heavy atom. The molecule has 4 rings (SSSR count). The number of benzene rings is 2. The third kappa shape index (κ3) is 3.28. The minimum Gasteiger partial charge on any atom is -0.493 e. The third-order valence-electron chi connectivity index (χ3n) is 4.25. The maximum atomic E-state index is 6.16. The molecule has 8 heteroatoms. The lowest BCUT2D eigenvalue weighted by Crippen LogP contribution is -2.21. The van der Waals surface area contributed by atoms with E-state index in [-0.39, 0.29) is 5.25 Å². The van der Waals surface area contributed by atoms with Gasteiger partial charge < -0.3 is 9.47 Å². The number of hydrogen-bond acceptors (Lipinski definition) is 6. The zero-order chi connectivity index (χ0) is 19.0. The lowest BCUT2D eigenvalue weighted by Gasteiger charge is -2.20. The first kappa shape index (κ1) is 17.9. The van der Waals surface area contributed by atoms with Crippen molar-refractivity contribution in [3.8, 4) is 22.9 Å². The van der Waals surface area contributed by atoms with Crippen molar-refractivity contribution in [2.45, 2.75) is 17.3 Å². The quantitative estimate of drug-likeness (QED) is 0.651. The summed E-state index contributed by atoms with van der Waals surface area (Å²) in [6, 6.07) is 13.3. The molecule has 0 saturated heterocycles. The second kappa shape index (κ2) is 7.25. The molecular weight excluding hydrogens is 384 g/mol. The Bertz CT molecular complexity index is 1030. The van der Waals surface area contributed by atoms with E-state index < -0.39 is 0 Å². The average Bonchev–Trinajstić information content (AvgIpc) is 3.09. The second-order valence-electron chi connectivity index (χ2n) is 5.94. The Morgan fingerprint density at radius 1 is 1.00 bits per heavy atom. The zero-order valence-electron chi connectivity index (χ0n) is 15.0. The first-order valence-corrected chi connectivity index (χ1v) is 9.55. The van der Waals surface area contributed by atoms with Crippen LogP contribution in [-0.2, 0) is 0 Å². The van der Waals surface area contributed by atoms with Gasteiger partial charge in [0.2, 0.25) is 5.16 Å². The predicted molar refractivity (Wildman–Crippen MR) is 107 cm³/mol. The van der Waals surface area contributed by atoms with Crippen molar-refractivity contribution < 1.29 is 9.47 Å². The number of thioether (sulfide) groups is 1. The molecule has 1 atom stereocenters. The molecule has 0 amide bonds. The Morgan fingerprint density at radius 2 is 1.81 bits per heavy atom. The minimum atomic E-state index is 0.137. The Balaban J connectivity index is 1.81. The predicted octanol–water partition coefficient (Wildman–Crippen LogP) is 4.36. The molecule has 1 aliphatic heterocycles. The van der Waals surface area contributed by atoms with E-state index in [0.717, 1.165) is 22.0 Å². The molecule has 0 bridgehead atoms. The Labute approximate surface area is 166 Å². The SMILES string of the molecule is COc1ccc(-c2nnc3n2N=C(c2cccc(Cl)c2)[C@H](C)S3)cc1OC. The van der Waals surface area contributed by atoms with Gasteiger partial charge in [0.05, 0.1) is 25.2 Å². The molecule has 0 unspecified atom stereocenters. The molecule has 1 aliphatic rings. The fourth-order valence-electron chi connectivity index (χ4n) is 2.93. The lowest BCUT2D eigenvalue weighted by atomic mass is 10.1. The zero-order valence-corrected chi connectivity index (χ0v) is 16.6. The summed E-state index contributed by atoms with van der Waals surface area (Å²) in [5, 5.41) is 15.0. The number of rotatable bonds is 4. The lowest BCUT2D eigenvalue weighted by molar-refractivity contribution is 0.355. The molecule has 0 N–H and O–H groups in total. The van der Waals surface area contributed by atoms with E-state index >= 15 is 0 Å². The van der Waals surface area contributed by atoms with Gasteiger partial charge in [-0.2, -0.15) is 9.78 Å². The second-order valence-corrected chi connectivity index (χ2v) is 7.69. The monoisotopic (exact) mass is 400 g/mol. The van der Waals surface area contributed by atoms with E-state index in [2.05, 4.69) is 17.1 Å². The van der Waals surface area contributed by atoms with Gasteiger partial charge in [-0.1, -0.05) is 35.5 Å². The van der Waals surface area contributed by atoms with Crippen LogP contribution in [-0.4, -0.2) is 40.1 Å². The van der Waals surface area contributed by atoms with Crippen LogP contribution in [0.1, 0.15) is 12.5 Å². The fraction of sp³-hybridized carbons (Fsp3) is 0.211. The van der Waals surface area contributed by atoms with Gasteiger partial charge in [-0.05, 0) is 37.3 Å². The fourth-order valence-corrected chi connectivity index (χ4v) is 4.04. The van der Waals surface area contributed by atoms with Gasteiger partial charge in [-0.3, -0.25) is 0 Å². The van der Waals surface area contributed by atoms with Crippen molar-refractivity contribution in [1.29, 1.82) is 0 Å². The van der Waals surface area contributed by atoms with Crippen LogP contribution in [0.2, 0.25) is 5.02 Å². The minimum absolute atomic E-state index is 0.137. The third-order valence-corrected chi connectivity index (χ3v) is 5.53. The highest BCUT2D eigenvalue weighted by Crippen LogP contribution is 2.36. The van der Waals surface area contributed by atoms with Crippen molar-refractivity contribution in [3.63, 3.8) is 0 Å². The van der Waals surface area contributed by atoms with Crippen LogP contribution >= 0.6 is 23.4 Å². The van der Waals surface area contributed by atoms with Crippen molar-refractivity contribution >= 4 is 29.1 Å². The van der Waals surface area contributed by atoms with E-state index in [1.807, 2.05) is 42.5 Å². The molecule has 2 aromatic carbocycles. The highest BCUT2D eigenvalue weighted by molar-refractivity contribution is 8.00. The summed E-state index contributed by atoms with van der Waals surface area (Å²) in [6.45, 7) is 2.10. The maximum Gasteiger partial charge on any atom is 0.213 e. The van der Waals surface area contributed by atoms with Gasteiger partial charge in [-0.25, -0.2) is 0 Å². The van der Waals surface area contributed by atoms with Gasteiger partial charge in [0.15, 0.2) is 17.3 Å². The Hall–Kier alpha value is -2.51. The molecule has 0 fully saturated rings. The number of halogens is 1. The van der Waals surface area contributed by atoms with Crippen LogP contribution in [0.25, 0.3) is 11.4 Å². The van der Waals surface area contributed by atoms with E-state index in [9.17, 15) is 0 Å².